The molecule has 1 rings (SSSR count). The van der Waals surface area contributed by atoms with Gasteiger partial charge in [0.2, 0.25) is 0 Å². The Morgan fingerprint density at radius 1 is 1.43 bits per heavy atom. The lowest BCUT2D eigenvalue weighted by molar-refractivity contribution is 0.0818. The number of benzene rings is 1. The van der Waals surface area contributed by atoms with Crippen molar-refractivity contribution in [3.05, 3.63) is 29.1 Å². The van der Waals surface area contributed by atoms with Gasteiger partial charge in [0, 0.05) is 23.4 Å². The van der Waals surface area contributed by atoms with Crippen LogP contribution in [0.15, 0.2) is 17.0 Å². The summed E-state index contributed by atoms with van der Waals surface area (Å²) in [6.45, 7) is 5.09. The first kappa shape index (κ1) is 17.9. The van der Waals surface area contributed by atoms with Crippen LogP contribution in [0.4, 0.5) is 4.39 Å². The molecule has 1 aromatic rings. The Bertz CT molecular complexity index is 658. The standard InChI is InChI=1S/C13H17ClFNO4S/c1-8-10(12(17)16-13(2,3)7-20-4)5-9(15)6-11(8)21(14,18)19/h5-6H,7H2,1-4H3,(H,16,17). The molecule has 21 heavy (non-hydrogen) atoms. The van der Waals surface area contributed by atoms with Crippen LogP contribution in [0.1, 0.15) is 29.8 Å². The van der Waals surface area contributed by atoms with E-state index >= 15 is 0 Å². The van der Waals surface area contributed by atoms with Crippen LogP contribution >= 0.6 is 10.7 Å². The van der Waals surface area contributed by atoms with E-state index in [0.29, 0.717) is 0 Å². The van der Waals surface area contributed by atoms with Crippen molar-refractivity contribution in [2.45, 2.75) is 31.2 Å². The lowest BCUT2D eigenvalue weighted by Crippen LogP contribution is -2.47. The van der Waals surface area contributed by atoms with Gasteiger partial charge in [0.1, 0.15) is 5.82 Å². The molecule has 0 saturated heterocycles. The summed E-state index contributed by atoms with van der Waals surface area (Å²) in [5, 5.41) is 2.65. The number of rotatable bonds is 5. The molecule has 0 aliphatic carbocycles. The molecular formula is C13H17ClFNO4S. The van der Waals surface area contributed by atoms with Crippen molar-refractivity contribution in [3.8, 4) is 0 Å². The highest BCUT2D eigenvalue weighted by molar-refractivity contribution is 8.13. The normalized spacial score (nSPS) is 12.3. The molecule has 1 N–H and O–H groups in total. The molecule has 0 unspecified atom stereocenters. The van der Waals surface area contributed by atoms with E-state index in [-0.39, 0.29) is 17.7 Å². The van der Waals surface area contributed by atoms with Gasteiger partial charge in [-0.1, -0.05) is 0 Å². The molecule has 5 nitrogen and oxygen atoms in total. The van der Waals surface area contributed by atoms with Crippen molar-refractivity contribution in [3.63, 3.8) is 0 Å². The Kier molecular flexibility index (Phi) is 5.35. The first-order chi connectivity index (χ1) is 9.48. The van der Waals surface area contributed by atoms with E-state index in [2.05, 4.69) is 5.32 Å². The van der Waals surface area contributed by atoms with E-state index in [1.807, 2.05) is 0 Å². The van der Waals surface area contributed by atoms with Gasteiger partial charge >= 0.3 is 0 Å². The summed E-state index contributed by atoms with van der Waals surface area (Å²) in [5.41, 5.74) is -0.680. The van der Waals surface area contributed by atoms with Crippen molar-refractivity contribution in [1.82, 2.24) is 5.32 Å². The van der Waals surface area contributed by atoms with Gasteiger partial charge in [0.25, 0.3) is 15.0 Å². The van der Waals surface area contributed by atoms with E-state index in [9.17, 15) is 17.6 Å². The Morgan fingerprint density at radius 2 is 2.00 bits per heavy atom. The van der Waals surface area contributed by atoms with Gasteiger partial charge < -0.3 is 10.1 Å². The third-order valence-corrected chi connectivity index (χ3v) is 4.24. The van der Waals surface area contributed by atoms with Gasteiger partial charge in [-0.05, 0) is 38.5 Å². The highest BCUT2D eigenvalue weighted by atomic mass is 35.7. The molecule has 0 saturated carbocycles. The fourth-order valence-corrected chi connectivity index (χ4v) is 3.12. The van der Waals surface area contributed by atoms with Crippen molar-refractivity contribution in [2.24, 2.45) is 0 Å². The topological polar surface area (TPSA) is 72.5 Å². The zero-order valence-electron chi connectivity index (χ0n) is 12.2. The number of carbonyl (C=O) groups is 1. The van der Waals surface area contributed by atoms with Crippen LogP contribution in [0.2, 0.25) is 0 Å². The molecule has 8 heteroatoms. The molecule has 1 aromatic carbocycles. The fraction of sp³-hybridized carbons (Fsp3) is 0.462. The maximum Gasteiger partial charge on any atom is 0.261 e. The van der Waals surface area contributed by atoms with Crippen LogP contribution in [0, 0.1) is 12.7 Å². The van der Waals surface area contributed by atoms with Crippen LogP contribution in [0.25, 0.3) is 0 Å². The number of carbonyl (C=O) groups excluding carboxylic acids is 1. The minimum Gasteiger partial charge on any atom is -0.382 e. The number of methoxy groups -OCH3 is 1. The summed E-state index contributed by atoms with van der Waals surface area (Å²) in [5.74, 6) is -1.45. The third kappa shape index (κ3) is 4.66. The summed E-state index contributed by atoms with van der Waals surface area (Å²) < 4.78 is 41.4. The molecule has 1 amide bonds. The number of hydrogen-bond acceptors (Lipinski definition) is 4. The zero-order valence-corrected chi connectivity index (χ0v) is 13.7. The van der Waals surface area contributed by atoms with Gasteiger partial charge in [-0.2, -0.15) is 0 Å². The lowest BCUT2D eigenvalue weighted by atomic mass is 10.0. The average Bonchev–Trinajstić information content (AvgIpc) is 2.29. The van der Waals surface area contributed by atoms with Crippen molar-refractivity contribution in [1.29, 1.82) is 0 Å². The minimum atomic E-state index is -4.14. The molecule has 0 bridgehead atoms. The highest BCUT2D eigenvalue weighted by Crippen LogP contribution is 2.24. The first-order valence-electron chi connectivity index (χ1n) is 6.04. The quantitative estimate of drug-likeness (QED) is 0.836. The Hall–Kier alpha value is -1.18. The van der Waals surface area contributed by atoms with Crippen LogP contribution in [0.3, 0.4) is 0 Å². The molecule has 0 spiro atoms. The maximum atomic E-state index is 13.6. The van der Waals surface area contributed by atoms with E-state index in [4.69, 9.17) is 15.4 Å². The Morgan fingerprint density at radius 3 is 2.48 bits per heavy atom. The van der Waals surface area contributed by atoms with Gasteiger partial charge in [-0.3, -0.25) is 4.79 Å². The Balaban J connectivity index is 3.26. The second-order valence-electron chi connectivity index (χ2n) is 5.29. The van der Waals surface area contributed by atoms with Crippen LogP contribution in [-0.2, 0) is 13.8 Å². The lowest BCUT2D eigenvalue weighted by Gasteiger charge is -2.25. The molecule has 0 fully saturated rings. The van der Waals surface area contributed by atoms with E-state index in [0.717, 1.165) is 12.1 Å². The SMILES string of the molecule is COCC(C)(C)NC(=O)c1cc(F)cc(S(=O)(=O)Cl)c1C. The number of hydrogen-bond donors (Lipinski definition) is 1. The molecular weight excluding hydrogens is 321 g/mol. The summed E-state index contributed by atoms with van der Waals surface area (Å²) in [4.78, 5) is 11.8. The summed E-state index contributed by atoms with van der Waals surface area (Å²) in [6, 6.07) is 1.76. The van der Waals surface area contributed by atoms with Gasteiger partial charge in [-0.15, -0.1) is 0 Å². The molecule has 0 heterocycles. The monoisotopic (exact) mass is 337 g/mol. The maximum absolute atomic E-state index is 13.6. The molecule has 0 atom stereocenters. The second kappa shape index (κ2) is 6.29. The largest absolute Gasteiger partial charge is 0.382 e. The Labute approximate surface area is 127 Å². The number of amides is 1. The van der Waals surface area contributed by atoms with Crippen molar-refractivity contribution in [2.75, 3.05) is 13.7 Å². The second-order valence-corrected chi connectivity index (χ2v) is 7.82. The molecule has 0 radical (unpaired) electrons. The van der Waals surface area contributed by atoms with Crippen molar-refractivity contribution >= 4 is 25.6 Å². The van der Waals surface area contributed by atoms with Crippen molar-refractivity contribution < 1.29 is 22.3 Å². The van der Waals surface area contributed by atoms with Crippen LogP contribution < -0.4 is 5.32 Å². The number of nitrogens with one attached hydrogen (secondary N) is 1. The summed E-state index contributed by atoms with van der Waals surface area (Å²) >= 11 is 0. The zero-order chi connectivity index (χ0) is 16.4. The average molecular weight is 338 g/mol. The van der Waals surface area contributed by atoms with Gasteiger partial charge in [0.05, 0.1) is 17.0 Å². The molecule has 0 aromatic heterocycles. The van der Waals surface area contributed by atoms with Crippen LogP contribution in [-0.4, -0.2) is 33.6 Å². The fourth-order valence-electron chi connectivity index (χ4n) is 1.91. The van der Waals surface area contributed by atoms with Crippen LogP contribution in [0.5, 0.6) is 0 Å². The van der Waals surface area contributed by atoms with Gasteiger partial charge in [0.15, 0.2) is 0 Å². The third-order valence-electron chi connectivity index (χ3n) is 2.79. The van der Waals surface area contributed by atoms with E-state index in [1.165, 1.54) is 14.0 Å². The first-order valence-corrected chi connectivity index (χ1v) is 8.35. The summed E-state index contributed by atoms with van der Waals surface area (Å²) in [6.07, 6.45) is 0. The van der Waals surface area contributed by atoms with Gasteiger partial charge in [-0.25, -0.2) is 12.8 Å². The van der Waals surface area contributed by atoms with E-state index < -0.39 is 31.2 Å². The predicted molar refractivity (Wildman–Crippen MR) is 77.6 cm³/mol. The minimum absolute atomic E-state index is 0.0848. The molecule has 0 aliphatic rings. The number of halogens is 2. The van der Waals surface area contributed by atoms with E-state index in [1.54, 1.807) is 13.8 Å². The highest BCUT2D eigenvalue weighted by Gasteiger charge is 2.25. The number of ether oxygens (including phenoxy) is 1. The predicted octanol–water partition coefficient (Wildman–Crippen LogP) is 2.22. The summed E-state index contributed by atoms with van der Waals surface area (Å²) in [7, 11) is 2.60. The molecule has 118 valence electrons. The smallest absolute Gasteiger partial charge is 0.261 e. The molecule has 0 aliphatic heterocycles.